The second-order valence-corrected chi connectivity index (χ2v) is 5.17. The van der Waals surface area contributed by atoms with Gasteiger partial charge >= 0.3 is 0 Å². The van der Waals surface area contributed by atoms with Crippen LogP contribution in [0.25, 0.3) is 0 Å². The first-order chi connectivity index (χ1) is 9.22. The van der Waals surface area contributed by atoms with Crippen molar-refractivity contribution in [3.8, 4) is 0 Å². The minimum Gasteiger partial charge on any atom is -0.355 e. The Morgan fingerprint density at radius 1 is 1.47 bits per heavy atom. The molecule has 2 N–H and O–H groups in total. The summed E-state index contributed by atoms with van der Waals surface area (Å²) in [6, 6.07) is -0.355. The predicted octanol–water partition coefficient (Wildman–Crippen LogP) is 0.279. The summed E-state index contributed by atoms with van der Waals surface area (Å²) in [5.74, 6) is 0.414. The van der Waals surface area contributed by atoms with Crippen LogP contribution >= 0.6 is 0 Å². The van der Waals surface area contributed by atoms with Crippen LogP contribution in [0.5, 0.6) is 0 Å². The highest BCUT2D eigenvalue weighted by molar-refractivity contribution is 5.88. The van der Waals surface area contributed by atoms with E-state index < -0.39 is 0 Å². The van der Waals surface area contributed by atoms with Crippen LogP contribution in [0, 0.1) is 5.92 Å². The maximum atomic E-state index is 12.4. The zero-order chi connectivity index (χ0) is 13.7. The van der Waals surface area contributed by atoms with Gasteiger partial charge in [-0.2, -0.15) is 0 Å². The largest absolute Gasteiger partial charge is 0.355 e. The normalized spacial score (nSPS) is 26.5. The monoisotopic (exact) mass is 265 g/mol. The molecule has 0 spiro atoms. The molecular weight excluding hydrogens is 242 g/mol. The van der Waals surface area contributed by atoms with Gasteiger partial charge in [0.2, 0.25) is 11.8 Å². The van der Waals surface area contributed by atoms with E-state index in [1.165, 1.54) is 0 Å². The average molecular weight is 265 g/mol. The summed E-state index contributed by atoms with van der Waals surface area (Å²) >= 11 is 0. The number of hydrogen-bond acceptors (Lipinski definition) is 3. The number of hydrogen-bond donors (Lipinski definition) is 2. The molecule has 1 fully saturated rings. The Morgan fingerprint density at radius 2 is 2.32 bits per heavy atom. The molecule has 1 aliphatic carbocycles. The topological polar surface area (TPSA) is 61.4 Å². The van der Waals surface area contributed by atoms with E-state index in [0.29, 0.717) is 32.0 Å². The molecule has 2 aliphatic rings. The average Bonchev–Trinajstić information content (AvgIpc) is 2.92. The molecule has 0 radical (unpaired) electrons. The van der Waals surface area contributed by atoms with E-state index in [-0.39, 0.29) is 17.9 Å². The number of carbonyl (C=O) groups excluding carboxylic acids is 2. The fourth-order valence-electron chi connectivity index (χ4n) is 2.74. The van der Waals surface area contributed by atoms with Gasteiger partial charge in [0.05, 0.1) is 0 Å². The molecule has 0 aromatic heterocycles. The molecule has 106 valence electrons. The summed E-state index contributed by atoms with van der Waals surface area (Å²) in [6.45, 7) is 4.43. The molecule has 2 rings (SSSR count). The molecular formula is C14H23N3O2. The van der Waals surface area contributed by atoms with Gasteiger partial charge in [0, 0.05) is 32.6 Å². The van der Waals surface area contributed by atoms with Gasteiger partial charge in [-0.1, -0.05) is 12.2 Å². The minimum atomic E-state index is -0.355. The first-order valence-electron chi connectivity index (χ1n) is 7.17. The van der Waals surface area contributed by atoms with Crippen LogP contribution in [0.15, 0.2) is 12.2 Å². The zero-order valence-corrected chi connectivity index (χ0v) is 11.5. The lowest BCUT2D eigenvalue weighted by Crippen LogP contribution is -2.59. The van der Waals surface area contributed by atoms with Gasteiger partial charge in [0.15, 0.2) is 0 Å². The van der Waals surface area contributed by atoms with Gasteiger partial charge in [-0.05, 0) is 25.7 Å². The SMILES string of the molecule is CCNC(=O)C1CNCCN1C(=O)CC1C=CCC1. The molecule has 1 aliphatic heterocycles. The molecule has 2 amide bonds. The highest BCUT2D eigenvalue weighted by Crippen LogP contribution is 2.22. The van der Waals surface area contributed by atoms with Gasteiger partial charge < -0.3 is 15.5 Å². The fourth-order valence-corrected chi connectivity index (χ4v) is 2.74. The number of rotatable bonds is 4. The van der Waals surface area contributed by atoms with Crippen LogP contribution in [0.4, 0.5) is 0 Å². The van der Waals surface area contributed by atoms with Crippen molar-refractivity contribution in [3.05, 3.63) is 12.2 Å². The summed E-state index contributed by atoms with van der Waals surface area (Å²) in [6.07, 6.45) is 6.92. The molecule has 0 aromatic carbocycles. The number of nitrogens with zero attached hydrogens (tertiary/aromatic N) is 1. The molecule has 5 heteroatoms. The second kappa shape index (κ2) is 6.70. The summed E-state index contributed by atoms with van der Waals surface area (Å²) in [4.78, 5) is 26.1. The predicted molar refractivity (Wildman–Crippen MR) is 73.5 cm³/mol. The Balaban J connectivity index is 1.95. The van der Waals surface area contributed by atoms with E-state index in [1.807, 2.05) is 6.92 Å². The summed E-state index contributed by atoms with van der Waals surface area (Å²) in [5, 5.41) is 5.99. The van der Waals surface area contributed by atoms with E-state index in [4.69, 9.17) is 0 Å². The third kappa shape index (κ3) is 3.56. The van der Waals surface area contributed by atoms with E-state index in [2.05, 4.69) is 22.8 Å². The lowest BCUT2D eigenvalue weighted by Gasteiger charge is -2.35. The van der Waals surface area contributed by atoms with E-state index in [9.17, 15) is 9.59 Å². The maximum absolute atomic E-state index is 12.4. The van der Waals surface area contributed by atoms with Crippen LogP contribution in [0.1, 0.15) is 26.2 Å². The second-order valence-electron chi connectivity index (χ2n) is 5.17. The maximum Gasteiger partial charge on any atom is 0.244 e. The van der Waals surface area contributed by atoms with E-state index in [0.717, 1.165) is 19.4 Å². The number of piperazine rings is 1. The molecule has 5 nitrogen and oxygen atoms in total. The first kappa shape index (κ1) is 14.1. The number of allylic oxidation sites excluding steroid dienone is 2. The van der Waals surface area contributed by atoms with Gasteiger partial charge in [-0.25, -0.2) is 0 Å². The third-order valence-corrected chi connectivity index (χ3v) is 3.77. The number of likely N-dealkylation sites (N-methyl/N-ethyl adjacent to an activating group) is 1. The smallest absolute Gasteiger partial charge is 0.244 e. The summed E-state index contributed by atoms with van der Waals surface area (Å²) in [5.41, 5.74) is 0. The van der Waals surface area contributed by atoms with Crippen molar-refractivity contribution in [3.63, 3.8) is 0 Å². The molecule has 0 aromatic rings. The van der Waals surface area contributed by atoms with Gasteiger partial charge in [0.1, 0.15) is 6.04 Å². The Morgan fingerprint density at radius 3 is 3.00 bits per heavy atom. The molecule has 1 heterocycles. The van der Waals surface area contributed by atoms with Crippen molar-refractivity contribution in [2.24, 2.45) is 5.92 Å². The van der Waals surface area contributed by atoms with Gasteiger partial charge in [-0.15, -0.1) is 0 Å². The molecule has 0 saturated carbocycles. The Hall–Kier alpha value is -1.36. The molecule has 1 saturated heterocycles. The zero-order valence-electron chi connectivity index (χ0n) is 11.5. The highest BCUT2D eigenvalue weighted by atomic mass is 16.2. The molecule has 2 unspecified atom stereocenters. The van der Waals surface area contributed by atoms with Crippen molar-refractivity contribution >= 4 is 11.8 Å². The standard InChI is InChI=1S/C14H23N3O2/c1-2-16-14(19)12-10-15-7-8-17(12)13(18)9-11-5-3-4-6-11/h3,5,11-12,15H,2,4,6-10H2,1H3,(H,16,19). The number of carbonyl (C=O) groups is 2. The van der Waals surface area contributed by atoms with Crippen molar-refractivity contribution in [1.29, 1.82) is 0 Å². The minimum absolute atomic E-state index is 0.0509. The van der Waals surface area contributed by atoms with E-state index >= 15 is 0 Å². The quantitative estimate of drug-likeness (QED) is 0.718. The number of amides is 2. The summed E-state index contributed by atoms with van der Waals surface area (Å²) < 4.78 is 0. The Bertz CT molecular complexity index is 368. The van der Waals surface area contributed by atoms with Crippen LogP contribution in [-0.2, 0) is 9.59 Å². The van der Waals surface area contributed by atoms with Gasteiger partial charge in [0.25, 0.3) is 0 Å². The molecule has 2 atom stereocenters. The Kier molecular flexibility index (Phi) is 4.96. The molecule has 0 bridgehead atoms. The van der Waals surface area contributed by atoms with Crippen LogP contribution in [-0.4, -0.2) is 48.9 Å². The van der Waals surface area contributed by atoms with Crippen molar-refractivity contribution in [2.75, 3.05) is 26.2 Å². The van der Waals surface area contributed by atoms with Crippen LogP contribution in [0.2, 0.25) is 0 Å². The van der Waals surface area contributed by atoms with Crippen molar-refractivity contribution in [1.82, 2.24) is 15.5 Å². The fraction of sp³-hybridized carbons (Fsp3) is 0.714. The Labute approximate surface area is 114 Å². The summed E-state index contributed by atoms with van der Waals surface area (Å²) in [7, 11) is 0. The third-order valence-electron chi connectivity index (χ3n) is 3.77. The molecule has 19 heavy (non-hydrogen) atoms. The van der Waals surface area contributed by atoms with Gasteiger partial charge in [-0.3, -0.25) is 9.59 Å². The van der Waals surface area contributed by atoms with Crippen molar-refractivity contribution in [2.45, 2.75) is 32.2 Å². The lowest BCUT2D eigenvalue weighted by molar-refractivity contribution is -0.142. The number of nitrogens with one attached hydrogen (secondary N) is 2. The van der Waals surface area contributed by atoms with Crippen molar-refractivity contribution < 1.29 is 9.59 Å². The van der Waals surface area contributed by atoms with Crippen LogP contribution < -0.4 is 10.6 Å². The van der Waals surface area contributed by atoms with E-state index in [1.54, 1.807) is 4.90 Å². The highest BCUT2D eigenvalue weighted by Gasteiger charge is 2.32. The first-order valence-corrected chi connectivity index (χ1v) is 7.17. The lowest BCUT2D eigenvalue weighted by atomic mass is 10.0. The van der Waals surface area contributed by atoms with Crippen LogP contribution in [0.3, 0.4) is 0 Å².